The fourth-order valence-corrected chi connectivity index (χ4v) is 2.45. The van der Waals surface area contributed by atoms with Crippen LogP contribution < -0.4 is 10.6 Å². The molecule has 1 unspecified atom stereocenters. The molecule has 2 aromatic carbocycles. The Morgan fingerprint density at radius 3 is 2.74 bits per heavy atom. The van der Waals surface area contributed by atoms with Gasteiger partial charge in [-0.25, -0.2) is 9.48 Å². The van der Waals surface area contributed by atoms with Crippen molar-refractivity contribution in [2.45, 2.75) is 19.5 Å². The minimum Gasteiger partial charge on any atom is -0.334 e. The van der Waals surface area contributed by atoms with E-state index in [4.69, 9.17) is 0 Å². The number of urea groups is 1. The number of hydrogen-bond acceptors (Lipinski definition) is 4. The Morgan fingerprint density at radius 1 is 1.22 bits per heavy atom. The topological polar surface area (TPSA) is 84.7 Å². The molecule has 0 spiro atoms. The van der Waals surface area contributed by atoms with Crippen LogP contribution in [0, 0.1) is 0 Å². The molecule has 0 bridgehead atoms. The zero-order chi connectivity index (χ0) is 16.2. The van der Waals surface area contributed by atoms with Crippen molar-refractivity contribution >= 4 is 16.8 Å². The number of hydrogen-bond donors (Lipinski definition) is 2. The zero-order valence-corrected chi connectivity index (χ0v) is 13.0. The summed E-state index contributed by atoms with van der Waals surface area (Å²) >= 11 is 0. The summed E-state index contributed by atoms with van der Waals surface area (Å²) in [5.74, 6) is 0.603. The first kappa shape index (κ1) is 15.0. The number of nitrogens with one attached hydrogen (secondary N) is 2. The lowest BCUT2D eigenvalue weighted by Gasteiger charge is -2.13. The molecule has 0 saturated carbocycles. The smallest absolute Gasteiger partial charge is 0.315 e. The zero-order valence-electron chi connectivity index (χ0n) is 13.0. The molecule has 118 valence electrons. The van der Waals surface area contributed by atoms with Crippen LogP contribution in [0.25, 0.3) is 10.8 Å². The van der Waals surface area contributed by atoms with E-state index in [1.54, 1.807) is 7.05 Å². The lowest BCUT2D eigenvalue weighted by atomic mass is 10.1. The number of rotatable bonds is 4. The molecule has 0 aliphatic carbocycles. The van der Waals surface area contributed by atoms with Crippen LogP contribution in [0.1, 0.15) is 24.4 Å². The number of carbonyl (C=O) groups excluding carboxylic acids is 1. The van der Waals surface area contributed by atoms with Gasteiger partial charge >= 0.3 is 6.03 Å². The first-order valence-corrected chi connectivity index (χ1v) is 7.38. The van der Waals surface area contributed by atoms with Crippen LogP contribution >= 0.6 is 0 Å². The molecule has 2 N–H and O–H groups in total. The molecule has 1 heterocycles. The number of aromatic nitrogens is 4. The highest BCUT2D eigenvalue weighted by Gasteiger charge is 2.14. The Labute approximate surface area is 133 Å². The van der Waals surface area contributed by atoms with Crippen molar-refractivity contribution in [2.24, 2.45) is 7.05 Å². The monoisotopic (exact) mass is 310 g/mol. The maximum absolute atomic E-state index is 12.0. The molecular formula is C16H18N6O. The third-order valence-corrected chi connectivity index (χ3v) is 3.65. The molecule has 3 aromatic rings. The quantitative estimate of drug-likeness (QED) is 0.771. The first-order chi connectivity index (χ1) is 11.1. The maximum atomic E-state index is 12.0. The molecule has 1 aromatic heterocycles. The van der Waals surface area contributed by atoms with E-state index in [0.717, 1.165) is 10.9 Å². The Kier molecular flexibility index (Phi) is 4.18. The molecule has 3 rings (SSSR count). The summed E-state index contributed by atoms with van der Waals surface area (Å²) < 4.78 is 1.54. The van der Waals surface area contributed by atoms with Crippen LogP contribution in [0.4, 0.5) is 4.79 Å². The third kappa shape index (κ3) is 3.45. The normalized spacial score (nSPS) is 12.1. The maximum Gasteiger partial charge on any atom is 0.315 e. The van der Waals surface area contributed by atoms with Gasteiger partial charge < -0.3 is 10.6 Å². The van der Waals surface area contributed by atoms with E-state index in [9.17, 15) is 4.79 Å². The summed E-state index contributed by atoms with van der Waals surface area (Å²) in [6, 6.07) is 13.7. The van der Waals surface area contributed by atoms with Crippen molar-refractivity contribution in [3.05, 3.63) is 53.9 Å². The van der Waals surface area contributed by atoms with E-state index >= 15 is 0 Å². The van der Waals surface area contributed by atoms with E-state index < -0.39 is 0 Å². The van der Waals surface area contributed by atoms with Crippen LogP contribution in [0.15, 0.2) is 42.5 Å². The first-order valence-electron chi connectivity index (χ1n) is 7.38. The number of amides is 2. The molecule has 0 aliphatic rings. The van der Waals surface area contributed by atoms with E-state index in [2.05, 4.69) is 50.4 Å². The van der Waals surface area contributed by atoms with Gasteiger partial charge in [-0.1, -0.05) is 36.4 Å². The number of benzene rings is 2. The predicted molar refractivity (Wildman–Crippen MR) is 86.5 cm³/mol. The summed E-state index contributed by atoms with van der Waals surface area (Å²) in [7, 11) is 1.74. The fourth-order valence-electron chi connectivity index (χ4n) is 2.45. The second-order valence-electron chi connectivity index (χ2n) is 5.39. The number of fused-ring (bicyclic) bond motifs is 1. The van der Waals surface area contributed by atoms with Gasteiger partial charge in [0.05, 0.1) is 6.04 Å². The Bertz CT molecular complexity index is 828. The lowest BCUT2D eigenvalue weighted by Crippen LogP contribution is -2.37. The van der Waals surface area contributed by atoms with Gasteiger partial charge in [0.1, 0.15) is 0 Å². The van der Waals surface area contributed by atoms with E-state index in [1.807, 2.05) is 25.1 Å². The highest BCUT2D eigenvalue weighted by Crippen LogP contribution is 2.15. The number of aryl methyl sites for hydroxylation is 1. The van der Waals surface area contributed by atoms with Crippen LogP contribution in [0.5, 0.6) is 0 Å². The van der Waals surface area contributed by atoms with Gasteiger partial charge in [-0.2, -0.15) is 0 Å². The summed E-state index contributed by atoms with van der Waals surface area (Å²) in [4.78, 5) is 12.0. The van der Waals surface area contributed by atoms with Crippen molar-refractivity contribution in [1.82, 2.24) is 30.8 Å². The second-order valence-corrected chi connectivity index (χ2v) is 5.39. The average molecular weight is 310 g/mol. The summed E-state index contributed by atoms with van der Waals surface area (Å²) in [6.45, 7) is 2.29. The van der Waals surface area contributed by atoms with Crippen molar-refractivity contribution in [3.8, 4) is 0 Å². The van der Waals surface area contributed by atoms with Crippen LogP contribution in [-0.4, -0.2) is 26.2 Å². The van der Waals surface area contributed by atoms with Crippen molar-refractivity contribution in [2.75, 3.05) is 0 Å². The average Bonchev–Trinajstić information content (AvgIpc) is 2.99. The Morgan fingerprint density at radius 2 is 2.00 bits per heavy atom. The molecule has 2 amide bonds. The molecule has 0 fully saturated rings. The van der Waals surface area contributed by atoms with Gasteiger partial charge in [-0.3, -0.25) is 0 Å². The largest absolute Gasteiger partial charge is 0.334 e. The lowest BCUT2D eigenvalue weighted by molar-refractivity contribution is 0.237. The van der Waals surface area contributed by atoms with Gasteiger partial charge in [0.15, 0.2) is 5.82 Å². The predicted octanol–water partition coefficient (Wildman–Crippen LogP) is 1.92. The van der Waals surface area contributed by atoms with Gasteiger partial charge in [0.25, 0.3) is 0 Å². The van der Waals surface area contributed by atoms with Crippen LogP contribution in [0.3, 0.4) is 0 Å². The molecule has 7 heteroatoms. The second kappa shape index (κ2) is 6.43. The Balaban J connectivity index is 1.58. The number of carbonyl (C=O) groups is 1. The fraction of sp³-hybridized carbons (Fsp3) is 0.250. The van der Waals surface area contributed by atoms with E-state index in [-0.39, 0.29) is 12.1 Å². The van der Waals surface area contributed by atoms with Crippen molar-refractivity contribution < 1.29 is 4.79 Å². The third-order valence-electron chi connectivity index (χ3n) is 3.65. The molecule has 23 heavy (non-hydrogen) atoms. The van der Waals surface area contributed by atoms with Crippen LogP contribution in [-0.2, 0) is 13.6 Å². The molecule has 0 radical (unpaired) electrons. The standard InChI is InChI=1S/C16H18N6O/c1-11(15-19-20-21-22(15)2)18-16(23)17-10-12-7-8-13-5-3-4-6-14(13)9-12/h3-9,11H,10H2,1-2H3,(H2,17,18,23). The molecule has 0 saturated heterocycles. The molecular weight excluding hydrogens is 292 g/mol. The van der Waals surface area contributed by atoms with Gasteiger partial charge in [-0.15, -0.1) is 5.10 Å². The van der Waals surface area contributed by atoms with E-state index in [1.165, 1.54) is 10.1 Å². The highest BCUT2D eigenvalue weighted by atomic mass is 16.2. The van der Waals surface area contributed by atoms with Crippen LogP contribution in [0.2, 0.25) is 0 Å². The number of tetrazole rings is 1. The van der Waals surface area contributed by atoms with E-state index in [0.29, 0.717) is 12.4 Å². The summed E-state index contributed by atoms with van der Waals surface area (Å²) in [5, 5.41) is 19.2. The molecule has 7 nitrogen and oxygen atoms in total. The summed E-state index contributed by atoms with van der Waals surface area (Å²) in [5.41, 5.74) is 1.05. The minimum atomic E-state index is -0.272. The summed E-state index contributed by atoms with van der Waals surface area (Å²) in [6.07, 6.45) is 0. The van der Waals surface area contributed by atoms with Crippen molar-refractivity contribution in [1.29, 1.82) is 0 Å². The Hall–Kier alpha value is -2.96. The van der Waals surface area contributed by atoms with Gasteiger partial charge in [0, 0.05) is 13.6 Å². The molecule has 0 aliphatic heterocycles. The highest BCUT2D eigenvalue weighted by molar-refractivity contribution is 5.83. The molecule has 1 atom stereocenters. The van der Waals surface area contributed by atoms with Crippen molar-refractivity contribution in [3.63, 3.8) is 0 Å². The number of nitrogens with zero attached hydrogens (tertiary/aromatic N) is 4. The van der Waals surface area contributed by atoms with Gasteiger partial charge in [0.2, 0.25) is 0 Å². The minimum absolute atomic E-state index is 0.256. The SMILES string of the molecule is CC(NC(=O)NCc1ccc2ccccc2c1)c1nnnn1C. The van der Waals surface area contributed by atoms with Gasteiger partial charge in [-0.05, 0) is 39.8 Å².